The Bertz CT molecular complexity index is 528. The van der Waals surface area contributed by atoms with Crippen LogP contribution in [0.3, 0.4) is 0 Å². The summed E-state index contributed by atoms with van der Waals surface area (Å²) in [5, 5.41) is 9.03. The summed E-state index contributed by atoms with van der Waals surface area (Å²) in [4.78, 5) is 13.1. The van der Waals surface area contributed by atoms with E-state index in [1.165, 1.54) is 6.07 Å². The molecule has 1 N–H and O–H groups in total. The molecule has 0 aromatic heterocycles. The minimum absolute atomic E-state index is 0.550. The van der Waals surface area contributed by atoms with Gasteiger partial charge in [-0.3, -0.25) is 0 Å². The lowest BCUT2D eigenvalue weighted by atomic mass is 10.0. The number of carbonyl (C=O) groups is 1. The zero-order valence-corrected chi connectivity index (χ0v) is 11.8. The van der Waals surface area contributed by atoms with Crippen LogP contribution >= 0.6 is 0 Å². The molecular formula is C15H18F3NO2. The number of hydrogen-bond donors (Lipinski definition) is 1. The smallest absolute Gasteiger partial charge is 0.417 e. The normalized spacial score (nSPS) is 20.2. The summed E-state index contributed by atoms with van der Waals surface area (Å²) in [6.45, 7) is 3.64. The molecule has 0 aliphatic carbocycles. The Morgan fingerprint density at radius 1 is 1.29 bits per heavy atom. The van der Waals surface area contributed by atoms with Crippen molar-refractivity contribution in [2.24, 2.45) is 5.92 Å². The zero-order valence-electron chi connectivity index (χ0n) is 11.8. The van der Waals surface area contributed by atoms with Crippen molar-refractivity contribution in [3.05, 3.63) is 29.3 Å². The first-order valence-corrected chi connectivity index (χ1v) is 6.98. The van der Waals surface area contributed by atoms with E-state index < -0.39 is 23.3 Å². The zero-order chi connectivity index (χ0) is 15.6. The summed E-state index contributed by atoms with van der Waals surface area (Å²) in [6, 6.07) is 3.37. The van der Waals surface area contributed by atoms with Crippen LogP contribution in [-0.4, -0.2) is 24.2 Å². The maximum atomic E-state index is 12.8. The number of aromatic carboxylic acids is 1. The van der Waals surface area contributed by atoms with Gasteiger partial charge in [-0.25, -0.2) is 4.79 Å². The largest absolute Gasteiger partial charge is 0.478 e. The number of hydrogen-bond acceptors (Lipinski definition) is 2. The van der Waals surface area contributed by atoms with E-state index in [0.717, 1.165) is 44.5 Å². The molecule has 0 bridgehead atoms. The lowest BCUT2D eigenvalue weighted by molar-refractivity contribution is -0.138. The van der Waals surface area contributed by atoms with E-state index in [2.05, 4.69) is 6.92 Å². The van der Waals surface area contributed by atoms with Gasteiger partial charge in [0, 0.05) is 18.8 Å². The van der Waals surface area contributed by atoms with Gasteiger partial charge in [-0.05, 0) is 43.4 Å². The highest BCUT2D eigenvalue weighted by Crippen LogP contribution is 2.34. The van der Waals surface area contributed by atoms with E-state index >= 15 is 0 Å². The lowest BCUT2D eigenvalue weighted by Crippen LogP contribution is -2.25. The fourth-order valence-corrected chi connectivity index (χ4v) is 2.67. The maximum Gasteiger partial charge on any atom is 0.417 e. The molecule has 1 saturated heterocycles. The van der Waals surface area contributed by atoms with Crippen molar-refractivity contribution < 1.29 is 23.1 Å². The third-order valence-electron chi connectivity index (χ3n) is 3.92. The van der Waals surface area contributed by atoms with E-state index in [1.54, 1.807) is 0 Å². The van der Waals surface area contributed by atoms with Crippen LogP contribution in [0.5, 0.6) is 0 Å². The van der Waals surface area contributed by atoms with Crippen molar-refractivity contribution in [3.63, 3.8) is 0 Å². The van der Waals surface area contributed by atoms with Crippen molar-refractivity contribution in [2.75, 3.05) is 18.0 Å². The Balaban J connectivity index is 2.33. The van der Waals surface area contributed by atoms with Gasteiger partial charge in [-0.15, -0.1) is 0 Å². The second-order valence-electron chi connectivity index (χ2n) is 5.56. The van der Waals surface area contributed by atoms with Gasteiger partial charge in [-0.1, -0.05) is 6.92 Å². The van der Waals surface area contributed by atoms with Crippen LogP contribution in [0.25, 0.3) is 0 Å². The number of anilines is 1. The average molecular weight is 301 g/mol. The number of alkyl halides is 3. The summed E-state index contributed by atoms with van der Waals surface area (Å²) in [5.74, 6) is -0.962. The van der Waals surface area contributed by atoms with E-state index in [-0.39, 0.29) is 0 Å². The van der Waals surface area contributed by atoms with Crippen LogP contribution in [0.2, 0.25) is 0 Å². The maximum absolute atomic E-state index is 12.8. The third kappa shape index (κ3) is 3.68. The Morgan fingerprint density at radius 2 is 2.00 bits per heavy atom. The first-order chi connectivity index (χ1) is 9.79. The molecule has 0 saturated carbocycles. The van der Waals surface area contributed by atoms with Gasteiger partial charge in [0.15, 0.2) is 0 Å². The molecule has 1 aromatic carbocycles. The molecule has 1 unspecified atom stereocenters. The number of carboxylic acid groups (broad SMARTS) is 1. The fraction of sp³-hybridized carbons (Fsp3) is 0.533. The highest BCUT2D eigenvalue weighted by molar-refractivity contribution is 5.91. The van der Waals surface area contributed by atoms with Crippen LogP contribution in [0.15, 0.2) is 18.2 Å². The van der Waals surface area contributed by atoms with E-state index in [4.69, 9.17) is 5.11 Å². The van der Waals surface area contributed by atoms with Gasteiger partial charge in [0.1, 0.15) is 0 Å². The number of carboxylic acids is 1. The van der Waals surface area contributed by atoms with Crippen molar-refractivity contribution >= 4 is 11.7 Å². The third-order valence-corrected chi connectivity index (χ3v) is 3.92. The topological polar surface area (TPSA) is 40.5 Å². The number of nitrogens with zero attached hydrogens (tertiary/aromatic N) is 1. The summed E-state index contributed by atoms with van der Waals surface area (Å²) >= 11 is 0. The number of rotatable bonds is 2. The fourth-order valence-electron chi connectivity index (χ4n) is 2.67. The highest BCUT2D eigenvalue weighted by atomic mass is 19.4. The Labute approximate surface area is 121 Å². The predicted molar refractivity (Wildman–Crippen MR) is 73.6 cm³/mol. The number of benzene rings is 1. The molecule has 2 rings (SSSR count). The first kappa shape index (κ1) is 15.7. The monoisotopic (exact) mass is 301 g/mol. The minimum atomic E-state index is -4.65. The Hall–Kier alpha value is -1.72. The quantitative estimate of drug-likeness (QED) is 0.896. The molecular weight excluding hydrogens is 283 g/mol. The molecule has 0 amide bonds. The summed E-state index contributed by atoms with van der Waals surface area (Å²) in [6.07, 6.45) is -1.64. The molecule has 1 aliphatic heterocycles. The molecule has 6 heteroatoms. The van der Waals surface area contributed by atoms with Crippen molar-refractivity contribution in [1.29, 1.82) is 0 Å². The van der Waals surface area contributed by atoms with Crippen molar-refractivity contribution in [1.82, 2.24) is 0 Å². The van der Waals surface area contributed by atoms with Crippen LogP contribution < -0.4 is 4.90 Å². The van der Waals surface area contributed by atoms with Crippen LogP contribution in [0.1, 0.15) is 42.1 Å². The molecule has 1 atom stereocenters. The molecule has 1 aliphatic rings. The molecule has 0 radical (unpaired) electrons. The van der Waals surface area contributed by atoms with Gasteiger partial charge in [0.2, 0.25) is 0 Å². The molecule has 21 heavy (non-hydrogen) atoms. The molecule has 1 aromatic rings. The lowest BCUT2D eigenvalue weighted by Gasteiger charge is -2.24. The predicted octanol–water partition coefficient (Wildman–Crippen LogP) is 4.03. The molecule has 3 nitrogen and oxygen atoms in total. The van der Waals surface area contributed by atoms with Gasteiger partial charge in [0.25, 0.3) is 0 Å². The van der Waals surface area contributed by atoms with E-state index in [0.29, 0.717) is 11.6 Å². The molecule has 0 spiro atoms. The van der Waals surface area contributed by atoms with Crippen LogP contribution in [-0.2, 0) is 6.18 Å². The van der Waals surface area contributed by atoms with Crippen LogP contribution in [0, 0.1) is 5.92 Å². The second kappa shape index (κ2) is 5.95. The van der Waals surface area contributed by atoms with E-state index in [9.17, 15) is 18.0 Å². The van der Waals surface area contributed by atoms with Gasteiger partial charge in [-0.2, -0.15) is 13.2 Å². The summed E-state index contributed by atoms with van der Waals surface area (Å²) in [7, 11) is 0. The second-order valence-corrected chi connectivity index (χ2v) is 5.56. The molecule has 1 fully saturated rings. The Kier molecular flexibility index (Phi) is 4.44. The highest BCUT2D eigenvalue weighted by Gasteiger charge is 2.35. The SMILES string of the molecule is CC1CCCN(c2ccc(C(F)(F)F)c(C(=O)O)c2)CC1. The van der Waals surface area contributed by atoms with E-state index in [1.807, 2.05) is 4.90 Å². The van der Waals surface area contributed by atoms with Crippen molar-refractivity contribution in [3.8, 4) is 0 Å². The van der Waals surface area contributed by atoms with Gasteiger partial charge >= 0.3 is 12.1 Å². The molecule has 1 heterocycles. The van der Waals surface area contributed by atoms with Gasteiger partial charge < -0.3 is 10.0 Å². The average Bonchev–Trinajstić information content (AvgIpc) is 2.62. The van der Waals surface area contributed by atoms with Crippen molar-refractivity contribution in [2.45, 2.75) is 32.4 Å². The first-order valence-electron chi connectivity index (χ1n) is 6.98. The Morgan fingerprint density at radius 3 is 2.62 bits per heavy atom. The minimum Gasteiger partial charge on any atom is -0.478 e. The molecule has 116 valence electrons. The summed E-state index contributed by atoms with van der Waals surface area (Å²) in [5.41, 5.74) is -1.23. The van der Waals surface area contributed by atoms with Gasteiger partial charge in [0.05, 0.1) is 11.1 Å². The van der Waals surface area contributed by atoms with Crippen LogP contribution in [0.4, 0.5) is 18.9 Å². The standard InChI is InChI=1S/C15H18F3NO2/c1-10-3-2-7-19(8-6-10)11-4-5-13(15(16,17)18)12(9-11)14(20)21/h4-5,9-10H,2-3,6-8H2,1H3,(H,20,21). The summed E-state index contributed by atoms with van der Waals surface area (Å²) < 4.78 is 38.5. The number of halogens is 3.